The summed E-state index contributed by atoms with van der Waals surface area (Å²) in [6, 6.07) is -11.0. The van der Waals surface area contributed by atoms with E-state index in [1.54, 1.807) is 42.2 Å². The van der Waals surface area contributed by atoms with Crippen molar-refractivity contribution in [1.82, 2.24) is 90.1 Å². The molecule has 47 nitrogen and oxygen atoms in total. The Labute approximate surface area is 743 Å². The number of hydrogen-bond acceptors (Lipinski definition) is 26. The predicted molar refractivity (Wildman–Crippen MR) is 456 cm³/mol. The van der Waals surface area contributed by atoms with Gasteiger partial charge in [-0.05, 0) is 75.6 Å². The minimum Gasteiger partial charge on any atom is -0.481 e. The summed E-state index contributed by atoms with van der Waals surface area (Å²) >= 11 is 1.66. The average Bonchev–Trinajstić information content (AvgIpc) is 1.69. The van der Waals surface area contributed by atoms with E-state index in [1.807, 2.05) is 16.0 Å². The molecule has 3 aliphatic heterocycles. The molecule has 16 unspecified atom stereocenters. The smallest absolute Gasteiger partial charge is 0.329 e. The Balaban J connectivity index is 1.41. The van der Waals surface area contributed by atoms with Crippen molar-refractivity contribution in [1.29, 1.82) is 5.41 Å². The summed E-state index contributed by atoms with van der Waals surface area (Å²) in [7, 11) is 0. The van der Waals surface area contributed by atoms with E-state index < -0.39 is 267 Å². The van der Waals surface area contributed by atoms with Crippen LogP contribution in [0.3, 0.4) is 0 Å². The number of ketones is 1. The number of aliphatic carboxylic acids is 4. The molecule has 16 atom stereocenters. The first kappa shape index (κ1) is 104. The second-order valence-corrected chi connectivity index (χ2v) is 32.6. The molecule has 3 fully saturated rings. The molecule has 2 aromatic carbocycles. The number of nitrogens with one attached hydrogen (secondary N) is 18. The number of benzene rings is 2. The second-order valence-electron chi connectivity index (χ2n) is 31.4. The molecule has 27 N–H and O–H groups in total. The lowest BCUT2D eigenvalue weighted by Gasteiger charge is -2.30. The van der Waals surface area contributed by atoms with E-state index >= 15 is 9.59 Å². The molecular formula is C81H114N20O27S. The summed E-state index contributed by atoms with van der Waals surface area (Å²) in [6.45, 7) is 0.972. The van der Waals surface area contributed by atoms with E-state index in [9.17, 15) is 117 Å². The van der Waals surface area contributed by atoms with Crippen LogP contribution in [0.15, 0.2) is 54.7 Å². The number of ether oxygens (including phenoxy) is 1. The van der Waals surface area contributed by atoms with Crippen molar-refractivity contribution in [3.63, 3.8) is 0 Å². The number of thioether (sulfide) groups is 1. The number of carbonyl (C=O) groups is 21. The third-order valence-electron chi connectivity index (χ3n) is 21.0. The average molecular weight is 1830 g/mol. The molecule has 48 heteroatoms. The SMILES string of the molecule is CCCCCCCCCC(=O)NC(Cc1c[nH]c2ccccc12)C(=O)NC(CC(N)=O)C(=O)NC(CC(=O)O)C(=O)NC1C(=O)NCC(=O)NC(CCCNC(=O)CCCC2SCC3NC(=N)NC32)C(=O)NC(CC(=O)O)C(=O)NC(C)C(=O)NC(CC(=O)O)C(=O)NCC(=O)NC(CO)C(=O)NC(C(C)CC(=O)O)C(=O)NC(CC(=O)c2ccccc2N)C(=O)OC1C. The molecule has 0 bridgehead atoms. The first-order valence-corrected chi connectivity index (χ1v) is 43.0. The first-order chi connectivity index (χ1) is 61.1. The zero-order valence-electron chi connectivity index (χ0n) is 71.4. The number of carboxylic acid groups (broad SMARTS) is 4. The Hall–Kier alpha value is -13.6. The van der Waals surface area contributed by atoms with Gasteiger partial charge < -0.3 is 132 Å². The van der Waals surface area contributed by atoms with Crippen LogP contribution in [0.4, 0.5) is 5.69 Å². The number of aliphatic hydroxyl groups is 1. The molecule has 4 heterocycles. The van der Waals surface area contributed by atoms with E-state index in [0.717, 1.165) is 58.6 Å². The highest BCUT2D eigenvalue weighted by atomic mass is 32.2. The molecule has 3 aliphatic rings. The minimum atomic E-state index is -2.49. The van der Waals surface area contributed by atoms with Crippen molar-refractivity contribution in [2.75, 3.05) is 37.7 Å². The third kappa shape index (κ3) is 34.6. The number of para-hydroxylation sites is 2. The summed E-state index contributed by atoms with van der Waals surface area (Å²) in [6.07, 6.45) is -1.82. The number of aliphatic hydroxyl groups excluding tert-OH is 1. The number of rotatable bonds is 40. The van der Waals surface area contributed by atoms with E-state index in [1.165, 1.54) is 24.3 Å². The molecule has 0 spiro atoms. The normalized spacial score (nSPS) is 22.8. The van der Waals surface area contributed by atoms with Crippen LogP contribution in [-0.4, -0.2) is 283 Å². The highest BCUT2D eigenvalue weighted by Crippen LogP contribution is 2.33. The number of unbranched alkanes of at least 4 members (excludes halogenated alkanes) is 6. The molecular weight excluding hydrogens is 1720 g/mol. The van der Waals surface area contributed by atoms with Gasteiger partial charge in [0.1, 0.15) is 72.6 Å². The van der Waals surface area contributed by atoms with Gasteiger partial charge in [-0.3, -0.25) is 101 Å². The number of nitrogen functional groups attached to an aromatic ring is 1. The number of anilines is 1. The molecule has 0 radical (unpaired) electrons. The number of amides is 15. The number of esters is 1. The Morgan fingerprint density at radius 1 is 0.558 bits per heavy atom. The van der Waals surface area contributed by atoms with Crippen molar-refractivity contribution in [2.45, 2.75) is 246 Å². The number of carbonyl (C=O) groups excluding carboxylic acids is 17. The van der Waals surface area contributed by atoms with Gasteiger partial charge in [0.15, 0.2) is 11.7 Å². The van der Waals surface area contributed by atoms with E-state index in [0.29, 0.717) is 42.1 Å². The number of primary amides is 1. The van der Waals surface area contributed by atoms with Crippen LogP contribution in [0.25, 0.3) is 10.9 Å². The van der Waals surface area contributed by atoms with Crippen LogP contribution < -0.4 is 96.5 Å². The number of aromatic amines is 1. The van der Waals surface area contributed by atoms with Crippen molar-refractivity contribution in [3.8, 4) is 0 Å². The lowest BCUT2D eigenvalue weighted by Crippen LogP contribution is -2.62. The molecule has 3 saturated heterocycles. The van der Waals surface area contributed by atoms with Crippen molar-refractivity contribution in [3.05, 3.63) is 65.9 Å². The third-order valence-corrected chi connectivity index (χ3v) is 22.5. The Bertz CT molecular complexity index is 4610. The lowest BCUT2D eigenvalue weighted by atomic mass is 9.96. The van der Waals surface area contributed by atoms with Gasteiger partial charge in [-0.25, -0.2) is 4.79 Å². The van der Waals surface area contributed by atoms with Gasteiger partial charge in [0.25, 0.3) is 0 Å². The number of cyclic esters (lactones) is 1. The van der Waals surface area contributed by atoms with E-state index in [2.05, 4.69) is 81.0 Å². The van der Waals surface area contributed by atoms with Crippen molar-refractivity contribution >= 4 is 159 Å². The summed E-state index contributed by atoms with van der Waals surface area (Å²) in [5.74, 6) is -29.7. The van der Waals surface area contributed by atoms with Crippen LogP contribution in [-0.2, 0) is 107 Å². The standard InChI is InChI=1S/C81H114N20O27S/c1-5-6-7-8-9-10-11-24-60(106)91-48(28-42-34-86-46-21-15-13-18-43(42)46)74(121)94-49(30-58(83)104)75(122)96-52(33-66(115)116)76(123)100-68-41(4)128-80(127)53(29-56(103)44-19-12-14-20-45(44)82)97-79(126)67(39(2)27-63(109)110)99-77(124)54(37-102)92-62(108)35-87-71(118)50(31-64(111)112)93-70(117)40(3)89-73(120)51(32-65(113)114)95-72(119)47(90-61(107)36-88-78(68)125)22-17-26-85-59(105)25-16-23-57-69-55(38-129-57)98-81(84)101-69/h12-15,18-21,34,39-41,47-55,57,67-69,86,102H,5-11,16-17,22-33,35-38,82H2,1-4H3,(H2,83,104)(H,85,105)(H,87,118)(H,88,125)(H,89,120)(H,90,107)(H,91,106)(H,92,108)(H,93,117)(H,94,121)(H,95,119)(H,96,122)(H,97,126)(H,99,124)(H,100,123)(H,109,110)(H,111,112)(H,113,114)(H,115,116)(H3,84,98,101). The van der Waals surface area contributed by atoms with Crippen molar-refractivity contribution < 1.29 is 131 Å². The minimum absolute atomic E-state index is 0.0142. The molecule has 15 amide bonds. The summed E-state index contributed by atoms with van der Waals surface area (Å²) in [5.41, 5.74) is 12.4. The summed E-state index contributed by atoms with van der Waals surface area (Å²) < 4.78 is 5.74. The molecule has 1 aromatic heterocycles. The second kappa shape index (κ2) is 51.9. The van der Waals surface area contributed by atoms with Gasteiger partial charge in [0.05, 0.1) is 63.9 Å². The van der Waals surface area contributed by atoms with E-state index in [-0.39, 0.29) is 66.8 Å². The number of fused-ring (bicyclic) bond motifs is 2. The van der Waals surface area contributed by atoms with Gasteiger partial charge in [-0.15, -0.1) is 0 Å². The lowest BCUT2D eigenvalue weighted by molar-refractivity contribution is -0.156. The Morgan fingerprint density at radius 2 is 1.13 bits per heavy atom. The maximum atomic E-state index is 15.0. The number of H-pyrrole nitrogens is 1. The van der Waals surface area contributed by atoms with Gasteiger partial charge in [0.2, 0.25) is 88.6 Å². The first-order valence-electron chi connectivity index (χ1n) is 41.9. The monoisotopic (exact) mass is 1830 g/mol. The molecule has 129 heavy (non-hydrogen) atoms. The fraction of sp³-hybridized carbons (Fsp3) is 0.556. The largest absolute Gasteiger partial charge is 0.481 e. The number of hydrogen-bond donors (Lipinski definition) is 25. The fourth-order valence-corrected chi connectivity index (χ4v) is 15.7. The number of Topliss-reactive ketones (excluding diaryl/α,β-unsaturated/α-hetero) is 1. The Kier molecular flexibility index (Phi) is 41.9. The molecule has 0 aliphatic carbocycles. The molecule has 0 saturated carbocycles. The van der Waals surface area contributed by atoms with Crippen LogP contribution in [0.2, 0.25) is 0 Å². The van der Waals surface area contributed by atoms with Gasteiger partial charge in [-0.1, -0.05) is 82.7 Å². The maximum Gasteiger partial charge on any atom is 0.329 e. The van der Waals surface area contributed by atoms with E-state index in [4.69, 9.17) is 21.6 Å². The van der Waals surface area contributed by atoms with Gasteiger partial charge >= 0.3 is 29.8 Å². The van der Waals surface area contributed by atoms with Crippen LogP contribution in [0.5, 0.6) is 0 Å². The zero-order chi connectivity index (χ0) is 95.3. The van der Waals surface area contributed by atoms with Gasteiger partial charge in [-0.2, -0.15) is 11.8 Å². The Morgan fingerprint density at radius 3 is 1.78 bits per heavy atom. The summed E-state index contributed by atoms with van der Waals surface area (Å²) in [5, 5.41) is 96.3. The summed E-state index contributed by atoms with van der Waals surface area (Å²) in [4.78, 5) is 293. The number of nitrogens with two attached hydrogens (primary N) is 2. The quantitative estimate of drug-likeness (QED) is 0.0109. The van der Waals surface area contributed by atoms with Crippen LogP contribution in [0, 0.1) is 11.3 Å². The zero-order valence-corrected chi connectivity index (χ0v) is 72.2. The highest BCUT2D eigenvalue weighted by Gasteiger charge is 2.44. The number of aromatic nitrogens is 1. The molecule has 3 aromatic rings. The van der Waals surface area contributed by atoms with Crippen LogP contribution >= 0.6 is 11.8 Å². The highest BCUT2D eigenvalue weighted by molar-refractivity contribution is 8.00. The van der Waals surface area contributed by atoms with Crippen LogP contribution in [0.1, 0.15) is 166 Å². The topological polar surface area (TPSA) is 753 Å². The van der Waals surface area contributed by atoms with Gasteiger partial charge in [0, 0.05) is 71.6 Å². The van der Waals surface area contributed by atoms with Crippen molar-refractivity contribution in [2.24, 2.45) is 11.7 Å². The molecule has 706 valence electrons. The maximum absolute atomic E-state index is 15.0. The number of guanidine groups is 1. The molecule has 6 rings (SSSR count). The fourth-order valence-electron chi connectivity index (χ4n) is 14.2. The number of carboxylic acids is 4. The predicted octanol–water partition coefficient (Wildman–Crippen LogP) is -5.31.